The van der Waals surface area contributed by atoms with Crippen molar-refractivity contribution in [2.75, 3.05) is 0 Å². The summed E-state index contributed by atoms with van der Waals surface area (Å²) >= 11 is 1.79. The molecule has 2 aromatic rings. The lowest BCUT2D eigenvalue weighted by Crippen LogP contribution is -2.15. The van der Waals surface area contributed by atoms with E-state index >= 15 is 0 Å². The van der Waals surface area contributed by atoms with Gasteiger partial charge in [-0.2, -0.15) is 5.10 Å². The van der Waals surface area contributed by atoms with Crippen LogP contribution in [0.2, 0.25) is 0 Å². The Morgan fingerprint density at radius 2 is 2.33 bits per heavy atom. The molecular weight excluding hydrogens is 208 g/mol. The summed E-state index contributed by atoms with van der Waals surface area (Å²) < 4.78 is 1.79. The smallest absolute Gasteiger partial charge is 0.140 e. The van der Waals surface area contributed by atoms with Crippen LogP contribution in [-0.2, 0) is 20.1 Å². The summed E-state index contributed by atoms with van der Waals surface area (Å²) in [5.41, 5.74) is 1.35. The Bertz CT molecular complexity index is 392. The van der Waals surface area contributed by atoms with Gasteiger partial charge in [-0.05, 0) is 23.9 Å². The molecule has 4 nitrogen and oxygen atoms in total. The third-order valence-electron chi connectivity index (χ3n) is 2.34. The lowest BCUT2D eigenvalue weighted by atomic mass is 10.3. The summed E-state index contributed by atoms with van der Waals surface area (Å²) in [4.78, 5) is 5.54. The molecule has 0 bridgehead atoms. The van der Waals surface area contributed by atoms with E-state index in [0.29, 0.717) is 0 Å². The van der Waals surface area contributed by atoms with E-state index in [9.17, 15) is 0 Å². The highest BCUT2D eigenvalue weighted by Gasteiger charge is 2.01. The molecule has 0 atom stereocenters. The van der Waals surface area contributed by atoms with Gasteiger partial charge in [-0.25, -0.2) is 4.98 Å². The fraction of sp³-hybridized carbons (Fsp3) is 0.400. The minimum Gasteiger partial charge on any atom is -0.305 e. The molecule has 0 aliphatic carbocycles. The molecule has 0 radical (unpaired) electrons. The molecular formula is C10H14N4S. The molecule has 2 heterocycles. The van der Waals surface area contributed by atoms with Gasteiger partial charge in [-0.1, -0.05) is 0 Å². The van der Waals surface area contributed by atoms with Crippen molar-refractivity contribution in [1.29, 1.82) is 0 Å². The van der Waals surface area contributed by atoms with E-state index in [-0.39, 0.29) is 0 Å². The summed E-state index contributed by atoms with van der Waals surface area (Å²) in [5, 5.41) is 9.50. The predicted octanol–water partition coefficient (Wildman–Crippen LogP) is 1.47. The monoisotopic (exact) mass is 222 g/mol. The van der Waals surface area contributed by atoms with E-state index < -0.39 is 0 Å². The zero-order chi connectivity index (χ0) is 10.7. The van der Waals surface area contributed by atoms with Crippen molar-refractivity contribution in [1.82, 2.24) is 20.1 Å². The van der Waals surface area contributed by atoms with Crippen LogP contribution < -0.4 is 5.32 Å². The average molecular weight is 222 g/mol. The molecule has 0 aromatic carbocycles. The Kier molecular flexibility index (Phi) is 3.13. The molecule has 5 heteroatoms. The zero-order valence-corrected chi connectivity index (χ0v) is 9.71. The molecule has 80 valence electrons. The maximum atomic E-state index is 4.15. The molecule has 0 unspecified atom stereocenters. The lowest BCUT2D eigenvalue weighted by Gasteiger charge is -2.03. The molecule has 0 amide bonds. The first-order valence-electron chi connectivity index (χ1n) is 4.84. The highest BCUT2D eigenvalue weighted by atomic mass is 32.1. The Morgan fingerprint density at radius 3 is 2.93 bits per heavy atom. The first kappa shape index (κ1) is 10.3. The molecule has 15 heavy (non-hydrogen) atoms. The summed E-state index contributed by atoms with van der Waals surface area (Å²) in [5.74, 6) is 0.962. The fourth-order valence-corrected chi connectivity index (χ4v) is 2.23. The molecule has 0 fully saturated rings. The van der Waals surface area contributed by atoms with Crippen molar-refractivity contribution in [2.24, 2.45) is 7.05 Å². The fourth-order valence-electron chi connectivity index (χ4n) is 1.35. The Labute approximate surface area is 93.0 Å². The lowest BCUT2D eigenvalue weighted by molar-refractivity contribution is 0.616. The number of nitrogens with one attached hydrogen (secondary N) is 1. The van der Waals surface area contributed by atoms with Crippen molar-refractivity contribution in [3.8, 4) is 0 Å². The SMILES string of the molecule is Cc1ccsc1CNCc1ncnn1C. The first-order chi connectivity index (χ1) is 7.27. The van der Waals surface area contributed by atoms with E-state index in [1.165, 1.54) is 10.4 Å². The molecule has 0 aliphatic heterocycles. The van der Waals surface area contributed by atoms with Crippen LogP contribution in [0.5, 0.6) is 0 Å². The van der Waals surface area contributed by atoms with Crippen molar-refractivity contribution in [3.05, 3.63) is 34.0 Å². The maximum absolute atomic E-state index is 4.15. The average Bonchev–Trinajstić information content (AvgIpc) is 2.78. The van der Waals surface area contributed by atoms with Gasteiger partial charge in [0.25, 0.3) is 0 Å². The van der Waals surface area contributed by atoms with Gasteiger partial charge in [0.15, 0.2) is 0 Å². The third kappa shape index (κ3) is 2.43. The second kappa shape index (κ2) is 4.55. The molecule has 2 aromatic heterocycles. The maximum Gasteiger partial charge on any atom is 0.140 e. The highest BCUT2D eigenvalue weighted by molar-refractivity contribution is 7.10. The van der Waals surface area contributed by atoms with E-state index in [4.69, 9.17) is 0 Å². The summed E-state index contributed by atoms with van der Waals surface area (Å²) in [7, 11) is 1.90. The Hall–Kier alpha value is -1.20. The van der Waals surface area contributed by atoms with Gasteiger partial charge >= 0.3 is 0 Å². The molecule has 0 aliphatic rings. The van der Waals surface area contributed by atoms with Crippen molar-refractivity contribution in [3.63, 3.8) is 0 Å². The topological polar surface area (TPSA) is 42.7 Å². The molecule has 2 rings (SSSR count). The molecule has 0 saturated heterocycles. The van der Waals surface area contributed by atoms with Crippen LogP contribution in [0.15, 0.2) is 17.8 Å². The van der Waals surface area contributed by atoms with Gasteiger partial charge in [0.05, 0.1) is 6.54 Å². The van der Waals surface area contributed by atoms with E-state index in [0.717, 1.165) is 18.9 Å². The second-order valence-electron chi connectivity index (χ2n) is 3.43. The molecule has 1 N–H and O–H groups in total. The van der Waals surface area contributed by atoms with E-state index in [1.807, 2.05) is 7.05 Å². The Balaban J connectivity index is 1.86. The molecule has 0 spiro atoms. The van der Waals surface area contributed by atoms with Crippen molar-refractivity contribution < 1.29 is 0 Å². The van der Waals surface area contributed by atoms with Gasteiger partial charge < -0.3 is 5.32 Å². The largest absolute Gasteiger partial charge is 0.305 e. The third-order valence-corrected chi connectivity index (χ3v) is 3.36. The zero-order valence-electron chi connectivity index (χ0n) is 8.90. The summed E-state index contributed by atoms with van der Waals surface area (Å²) in [6.45, 7) is 3.79. The number of thiophene rings is 1. The number of aromatic nitrogens is 3. The minimum absolute atomic E-state index is 0.758. The van der Waals surface area contributed by atoms with E-state index in [2.05, 4.69) is 33.8 Å². The van der Waals surface area contributed by atoms with Gasteiger partial charge in [-0.3, -0.25) is 4.68 Å². The van der Waals surface area contributed by atoms with E-state index in [1.54, 1.807) is 22.3 Å². The number of hydrogen-bond acceptors (Lipinski definition) is 4. The number of aryl methyl sites for hydroxylation is 2. The first-order valence-corrected chi connectivity index (χ1v) is 5.72. The minimum atomic E-state index is 0.758. The second-order valence-corrected chi connectivity index (χ2v) is 4.43. The summed E-state index contributed by atoms with van der Waals surface area (Å²) in [6.07, 6.45) is 1.58. The summed E-state index contributed by atoms with van der Waals surface area (Å²) in [6, 6.07) is 2.14. The van der Waals surface area contributed by atoms with Crippen LogP contribution in [0.4, 0.5) is 0 Å². The standard InChI is InChI=1S/C10H14N4S/c1-8-3-4-15-9(8)5-11-6-10-12-7-13-14(10)2/h3-4,7,11H,5-6H2,1-2H3. The van der Waals surface area contributed by atoms with Crippen LogP contribution in [0, 0.1) is 6.92 Å². The number of hydrogen-bond donors (Lipinski definition) is 1. The normalized spacial score (nSPS) is 10.8. The predicted molar refractivity (Wildman–Crippen MR) is 60.6 cm³/mol. The highest BCUT2D eigenvalue weighted by Crippen LogP contribution is 2.14. The number of rotatable bonds is 4. The van der Waals surface area contributed by atoms with Crippen LogP contribution in [-0.4, -0.2) is 14.8 Å². The van der Waals surface area contributed by atoms with Crippen molar-refractivity contribution >= 4 is 11.3 Å². The quantitative estimate of drug-likeness (QED) is 0.852. The van der Waals surface area contributed by atoms with Gasteiger partial charge in [0.1, 0.15) is 12.2 Å². The van der Waals surface area contributed by atoms with Gasteiger partial charge in [0, 0.05) is 18.5 Å². The van der Waals surface area contributed by atoms with Crippen molar-refractivity contribution in [2.45, 2.75) is 20.0 Å². The Morgan fingerprint density at radius 1 is 1.47 bits per heavy atom. The molecule has 0 saturated carbocycles. The van der Waals surface area contributed by atoms with Crippen LogP contribution in [0.25, 0.3) is 0 Å². The van der Waals surface area contributed by atoms with Crippen LogP contribution >= 0.6 is 11.3 Å². The van der Waals surface area contributed by atoms with Gasteiger partial charge in [-0.15, -0.1) is 11.3 Å². The number of nitrogens with zero attached hydrogens (tertiary/aromatic N) is 3. The van der Waals surface area contributed by atoms with Crippen LogP contribution in [0.3, 0.4) is 0 Å². The van der Waals surface area contributed by atoms with Crippen LogP contribution in [0.1, 0.15) is 16.3 Å². The van der Waals surface area contributed by atoms with Gasteiger partial charge in [0.2, 0.25) is 0 Å².